The zero-order valence-electron chi connectivity index (χ0n) is 14.7. The highest BCUT2D eigenvalue weighted by molar-refractivity contribution is 5.59. The molecule has 4 rings (SSSR count). The lowest BCUT2D eigenvalue weighted by Crippen LogP contribution is -2.32. The van der Waals surface area contributed by atoms with Crippen molar-refractivity contribution in [2.75, 3.05) is 18.0 Å². The predicted molar refractivity (Wildman–Crippen MR) is 97.1 cm³/mol. The summed E-state index contributed by atoms with van der Waals surface area (Å²) in [7, 11) is 0. The number of anilines is 1. The Morgan fingerprint density at radius 2 is 2.04 bits per heavy atom. The van der Waals surface area contributed by atoms with E-state index in [-0.39, 0.29) is 10.6 Å². The summed E-state index contributed by atoms with van der Waals surface area (Å²) in [5.74, 6) is 1.78. The van der Waals surface area contributed by atoms with Crippen LogP contribution in [0.5, 0.6) is 0 Å². The molecule has 27 heavy (non-hydrogen) atoms. The molecule has 0 radical (unpaired) electrons. The van der Waals surface area contributed by atoms with Crippen molar-refractivity contribution in [2.45, 2.75) is 19.8 Å². The number of hydrogen-bond acceptors (Lipinski definition) is 8. The summed E-state index contributed by atoms with van der Waals surface area (Å²) in [5, 5.41) is 15.2. The van der Waals surface area contributed by atoms with Crippen molar-refractivity contribution in [2.24, 2.45) is 0 Å². The maximum atomic E-state index is 11.3. The largest absolute Gasteiger partial charge is 0.459 e. The number of hydrogen-bond donors (Lipinski definition) is 0. The summed E-state index contributed by atoms with van der Waals surface area (Å²) in [5.41, 5.74) is 1.96. The molecule has 0 saturated carbocycles. The first-order chi connectivity index (χ1) is 13.1. The third kappa shape index (κ3) is 3.57. The van der Waals surface area contributed by atoms with Gasteiger partial charge in [0.15, 0.2) is 11.6 Å². The molecule has 3 aromatic rings. The van der Waals surface area contributed by atoms with Crippen molar-refractivity contribution in [1.82, 2.24) is 15.1 Å². The molecule has 1 saturated heterocycles. The minimum absolute atomic E-state index is 0.0364. The Labute approximate surface area is 154 Å². The van der Waals surface area contributed by atoms with Crippen molar-refractivity contribution in [3.8, 4) is 11.7 Å². The molecule has 9 nitrogen and oxygen atoms in total. The smallest absolute Gasteiger partial charge is 0.311 e. The number of aryl methyl sites for hydroxylation is 1. The van der Waals surface area contributed by atoms with Crippen molar-refractivity contribution in [3.05, 3.63) is 57.7 Å². The highest BCUT2D eigenvalue weighted by Crippen LogP contribution is 2.30. The third-order valence-corrected chi connectivity index (χ3v) is 4.40. The van der Waals surface area contributed by atoms with Crippen LogP contribution in [0.4, 0.5) is 11.5 Å². The SMILES string of the molecule is Cc1ccc([N+](=O)[O-])c(N2CCC(=Cc3noc(-c4ccco4)n3)CC2)n1. The molecule has 3 aromatic heterocycles. The lowest BCUT2D eigenvalue weighted by atomic mass is 10.0. The number of nitro groups is 1. The molecule has 0 aromatic carbocycles. The van der Waals surface area contributed by atoms with Gasteiger partial charge in [-0.2, -0.15) is 4.98 Å². The number of aromatic nitrogens is 3. The maximum Gasteiger partial charge on any atom is 0.311 e. The monoisotopic (exact) mass is 367 g/mol. The zero-order chi connectivity index (χ0) is 18.8. The second kappa shape index (κ2) is 7.02. The highest BCUT2D eigenvalue weighted by Gasteiger charge is 2.24. The number of pyridine rings is 1. The van der Waals surface area contributed by atoms with Gasteiger partial charge in [-0.15, -0.1) is 0 Å². The molecule has 1 aliphatic heterocycles. The Hall–Kier alpha value is -3.49. The molecule has 0 N–H and O–H groups in total. The Bertz CT molecular complexity index is 983. The van der Waals surface area contributed by atoms with Gasteiger partial charge in [0, 0.05) is 24.8 Å². The predicted octanol–water partition coefficient (Wildman–Crippen LogP) is 3.63. The minimum Gasteiger partial charge on any atom is -0.459 e. The van der Waals surface area contributed by atoms with Gasteiger partial charge in [0.05, 0.1) is 11.2 Å². The van der Waals surface area contributed by atoms with E-state index in [1.165, 1.54) is 6.07 Å². The molecule has 1 fully saturated rings. The molecular formula is C18H17N5O4. The fourth-order valence-electron chi connectivity index (χ4n) is 3.04. The van der Waals surface area contributed by atoms with Crippen molar-refractivity contribution < 1.29 is 13.9 Å². The summed E-state index contributed by atoms with van der Waals surface area (Å²) < 4.78 is 10.4. The number of furan rings is 1. The number of piperidine rings is 1. The summed E-state index contributed by atoms with van der Waals surface area (Å²) >= 11 is 0. The van der Waals surface area contributed by atoms with Crippen molar-refractivity contribution in [1.29, 1.82) is 0 Å². The van der Waals surface area contributed by atoms with Gasteiger partial charge in [-0.1, -0.05) is 10.7 Å². The molecule has 0 aliphatic carbocycles. The third-order valence-electron chi connectivity index (χ3n) is 4.40. The van der Waals surface area contributed by atoms with Gasteiger partial charge in [0.2, 0.25) is 5.82 Å². The first-order valence-electron chi connectivity index (χ1n) is 8.54. The van der Waals surface area contributed by atoms with Crippen LogP contribution >= 0.6 is 0 Å². The summed E-state index contributed by atoms with van der Waals surface area (Å²) in [6.07, 6.45) is 4.94. The normalized spacial score (nSPS) is 14.4. The minimum atomic E-state index is -0.386. The molecular weight excluding hydrogens is 350 g/mol. The number of rotatable bonds is 4. The van der Waals surface area contributed by atoms with E-state index in [0.29, 0.717) is 36.4 Å². The van der Waals surface area contributed by atoms with E-state index in [1.807, 2.05) is 17.9 Å². The van der Waals surface area contributed by atoms with Gasteiger partial charge in [0.1, 0.15) is 0 Å². The second-order valence-corrected chi connectivity index (χ2v) is 6.28. The van der Waals surface area contributed by atoms with Crippen molar-refractivity contribution in [3.63, 3.8) is 0 Å². The quantitative estimate of drug-likeness (QED) is 0.508. The number of nitrogens with zero attached hydrogens (tertiary/aromatic N) is 5. The first kappa shape index (κ1) is 17.0. The molecule has 0 atom stereocenters. The van der Waals surface area contributed by atoms with Crippen LogP contribution in [0.25, 0.3) is 17.7 Å². The fourth-order valence-corrected chi connectivity index (χ4v) is 3.04. The van der Waals surface area contributed by atoms with E-state index in [1.54, 1.807) is 24.5 Å². The standard InChI is InChI=1S/C18H17N5O4/c1-12-4-5-14(23(24)25)17(19-12)22-8-6-13(7-9-22)11-16-20-18(27-21-16)15-3-2-10-26-15/h2-5,10-11H,6-9H2,1H3. The molecule has 0 amide bonds. The second-order valence-electron chi connectivity index (χ2n) is 6.28. The van der Waals surface area contributed by atoms with E-state index < -0.39 is 0 Å². The Morgan fingerprint density at radius 1 is 1.22 bits per heavy atom. The van der Waals surface area contributed by atoms with Gasteiger partial charge in [-0.05, 0) is 44.0 Å². The molecule has 0 unspecified atom stereocenters. The van der Waals surface area contributed by atoms with E-state index in [9.17, 15) is 10.1 Å². The van der Waals surface area contributed by atoms with E-state index in [0.717, 1.165) is 24.1 Å². The molecule has 9 heteroatoms. The Morgan fingerprint density at radius 3 is 2.74 bits per heavy atom. The van der Waals surface area contributed by atoms with Crippen molar-refractivity contribution >= 4 is 17.6 Å². The van der Waals surface area contributed by atoms with E-state index >= 15 is 0 Å². The van der Waals surface area contributed by atoms with Crippen LogP contribution in [0.15, 0.2) is 45.0 Å². The van der Waals surface area contributed by atoms with Gasteiger partial charge < -0.3 is 13.8 Å². The molecule has 138 valence electrons. The molecule has 0 spiro atoms. The molecule has 0 bridgehead atoms. The lowest BCUT2D eigenvalue weighted by molar-refractivity contribution is -0.384. The fraction of sp³-hybridized carbons (Fsp3) is 0.278. The average molecular weight is 367 g/mol. The van der Waals surface area contributed by atoms with E-state index in [2.05, 4.69) is 15.1 Å². The van der Waals surface area contributed by atoms with Crippen LogP contribution in [-0.2, 0) is 0 Å². The van der Waals surface area contributed by atoms with Crippen LogP contribution in [0, 0.1) is 17.0 Å². The van der Waals surface area contributed by atoms with Gasteiger partial charge in [-0.25, -0.2) is 4.98 Å². The first-order valence-corrected chi connectivity index (χ1v) is 8.54. The van der Waals surface area contributed by atoms with Crippen LogP contribution < -0.4 is 4.90 Å². The van der Waals surface area contributed by atoms with Crippen LogP contribution in [0.2, 0.25) is 0 Å². The van der Waals surface area contributed by atoms with Crippen LogP contribution in [0.1, 0.15) is 24.4 Å². The zero-order valence-corrected chi connectivity index (χ0v) is 14.7. The Kier molecular flexibility index (Phi) is 4.41. The topological polar surface area (TPSA) is 111 Å². The highest BCUT2D eigenvalue weighted by atomic mass is 16.6. The van der Waals surface area contributed by atoms with Gasteiger partial charge in [0.25, 0.3) is 5.89 Å². The van der Waals surface area contributed by atoms with Crippen LogP contribution in [-0.4, -0.2) is 33.1 Å². The molecule has 1 aliphatic rings. The summed E-state index contributed by atoms with van der Waals surface area (Å²) in [6.45, 7) is 3.12. The van der Waals surface area contributed by atoms with Crippen LogP contribution in [0.3, 0.4) is 0 Å². The Balaban J connectivity index is 1.47. The average Bonchev–Trinajstić information content (AvgIpc) is 3.33. The van der Waals surface area contributed by atoms with Gasteiger partial charge >= 0.3 is 5.69 Å². The molecule has 4 heterocycles. The van der Waals surface area contributed by atoms with E-state index in [4.69, 9.17) is 8.94 Å². The summed E-state index contributed by atoms with van der Waals surface area (Å²) in [6, 6.07) is 6.68. The van der Waals surface area contributed by atoms with Gasteiger partial charge in [-0.3, -0.25) is 10.1 Å². The lowest BCUT2D eigenvalue weighted by Gasteiger charge is -2.29. The summed E-state index contributed by atoms with van der Waals surface area (Å²) in [4.78, 5) is 21.5. The maximum absolute atomic E-state index is 11.3.